The molecule has 0 saturated heterocycles. The van der Waals surface area contributed by atoms with E-state index in [0.717, 1.165) is 16.8 Å². The number of carbonyl (C=O) groups excluding carboxylic acids is 1. The van der Waals surface area contributed by atoms with Crippen LogP contribution < -0.4 is 9.62 Å². The van der Waals surface area contributed by atoms with Crippen LogP contribution in [0, 0.1) is 20.8 Å². The molecule has 0 spiro atoms. The third-order valence-corrected chi connectivity index (χ3v) is 5.44. The molecule has 26 heavy (non-hydrogen) atoms. The topological polar surface area (TPSA) is 66.5 Å². The lowest BCUT2D eigenvalue weighted by Crippen LogP contribution is -2.31. The molecular formula is C20H26N2O3S. The smallest absolute Gasteiger partial charge is 0.232 e. The van der Waals surface area contributed by atoms with Crippen LogP contribution in [0.3, 0.4) is 0 Å². The second-order valence-electron chi connectivity index (χ2n) is 6.62. The summed E-state index contributed by atoms with van der Waals surface area (Å²) in [4.78, 5) is 12.2. The minimum absolute atomic E-state index is 0.119. The van der Waals surface area contributed by atoms with Crippen molar-refractivity contribution in [1.29, 1.82) is 0 Å². The van der Waals surface area contributed by atoms with E-state index in [1.54, 1.807) is 6.07 Å². The molecule has 2 rings (SSSR count). The van der Waals surface area contributed by atoms with E-state index >= 15 is 0 Å². The van der Waals surface area contributed by atoms with Crippen LogP contribution in [0.2, 0.25) is 0 Å². The van der Waals surface area contributed by atoms with Crippen molar-refractivity contribution in [3.63, 3.8) is 0 Å². The van der Waals surface area contributed by atoms with E-state index in [0.29, 0.717) is 12.1 Å². The number of amides is 1. The Morgan fingerprint density at radius 3 is 2.38 bits per heavy atom. The van der Waals surface area contributed by atoms with E-state index in [4.69, 9.17) is 0 Å². The average Bonchev–Trinajstić information content (AvgIpc) is 2.54. The number of benzene rings is 2. The summed E-state index contributed by atoms with van der Waals surface area (Å²) in [7, 11) is -3.40. The lowest BCUT2D eigenvalue weighted by Gasteiger charge is -2.22. The Balaban J connectivity index is 1.96. The average molecular weight is 375 g/mol. The van der Waals surface area contributed by atoms with Gasteiger partial charge in [-0.2, -0.15) is 0 Å². The van der Waals surface area contributed by atoms with E-state index in [2.05, 4.69) is 5.32 Å². The summed E-state index contributed by atoms with van der Waals surface area (Å²) < 4.78 is 25.6. The van der Waals surface area contributed by atoms with Gasteiger partial charge < -0.3 is 5.32 Å². The molecule has 2 aromatic carbocycles. The van der Waals surface area contributed by atoms with Crippen molar-refractivity contribution in [3.8, 4) is 0 Å². The molecule has 1 amide bonds. The number of carbonyl (C=O) groups is 1. The molecule has 0 aliphatic heterocycles. The van der Waals surface area contributed by atoms with Gasteiger partial charge in [0.2, 0.25) is 15.9 Å². The number of nitrogens with one attached hydrogen (secondary N) is 1. The van der Waals surface area contributed by atoms with Crippen molar-refractivity contribution in [2.75, 3.05) is 22.4 Å². The SMILES string of the molecule is Cc1cccc(N(CCCC(=O)Nc2ccc(C)c(C)c2)S(C)(=O)=O)c1. The van der Waals surface area contributed by atoms with E-state index < -0.39 is 10.0 Å². The van der Waals surface area contributed by atoms with Gasteiger partial charge in [-0.15, -0.1) is 0 Å². The highest BCUT2D eigenvalue weighted by Crippen LogP contribution is 2.20. The number of aryl methyl sites for hydroxylation is 3. The number of rotatable bonds is 7. The Labute approximate surface area is 156 Å². The van der Waals surface area contributed by atoms with Gasteiger partial charge in [0.15, 0.2) is 0 Å². The van der Waals surface area contributed by atoms with Gasteiger partial charge in [0.05, 0.1) is 11.9 Å². The van der Waals surface area contributed by atoms with Crippen LogP contribution in [-0.2, 0) is 14.8 Å². The normalized spacial score (nSPS) is 11.2. The molecular weight excluding hydrogens is 348 g/mol. The highest BCUT2D eigenvalue weighted by atomic mass is 32.2. The summed E-state index contributed by atoms with van der Waals surface area (Å²) >= 11 is 0. The number of sulfonamides is 1. The van der Waals surface area contributed by atoms with Gasteiger partial charge in [0, 0.05) is 18.7 Å². The Kier molecular flexibility index (Phi) is 6.42. The van der Waals surface area contributed by atoms with Crippen LogP contribution in [0.5, 0.6) is 0 Å². The molecule has 0 heterocycles. The van der Waals surface area contributed by atoms with E-state index in [9.17, 15) is 13.2 Å². The molecule has 0 bridgehead atoms. The fraction of sp³-hybridized carbons (Fsp3) is 0.350. The van der Waals surface area contributed by atoms with Gasteiger partial charge in [-0.3, -0.25) is 9.10 Å². The number of hydrogen-bond acceptors (Lipinski definition) is 3. The van der Waals surface area contributed by atoms with Crippen molar-refractivity contribution < 1.29 is 13.2 Å². The molecule has 2 aromatic rings. The zero-order valence-corrected chi connectivity index (χ0v) is 16.6. The summed E-state index contributed by atoms with van der Waals surface area (Å²) in [6.07, 6.45) is 1.88. The Hall–Kier alpha value is -2.34. The van der Waals surface area contributed by atoms with Crippen molar-refractivity contribution in [3.05, 3.63) is 59.2 Å². The predicted molar refractivity (Wildman–Crippen MR) is 107 cm³/mol. The van der Waals surface area contributed by atoms with Gasteiger partial charge >= 0.3 is 0 Å². The fourth-order valence-electron chi connectivity index (χ4n) is 2.70. The molecule has 0 fully saturated rings. The summed E-state index contributed by atoms with van der Waals surface area (Å²) in [5.74, 6) is -0.119. The standard InChI is InChI=1S/C20H26N2O3S/c1-15-7-5-8-19(13-15)22(26(4,24)25)12-6-9-20(23)21-18-11-10-16(2)17(3)14-18/h5,7-8,10-11,13-14H,6,9,12H2,1-4H3,(H,21,23). The third-order valence-electron chi connectivity index (χ3n) is 4.25. The van der Waals surface area contributed by atoms with Gasteiger partial charge in [0.1, 0.15) is 0 Å². The van der Waals surface area contributed by atoms with Crippen LogP contribution in [0.15, 0.2) is 42.5 Å². The first-order chi connectivity index (χ1) is 12.2. The molecule has 0 aliphatic rings. The minimum atomic E-state index is -3.40. The fourth-order valence-corrected chi connectivity index (χ4v) is 3.65. The van der Waals surface area contributed by atoms with Gasteiger partial charge in [-0.05, 0) is 68.1 Å². The zero-order valence-electron chi connectivity index (χ0n) is 15.7. The lowest BCUT2D eigenvalue weighted by atomic mass is 10.1. The molecule has 0 aliphatic carbocycles. The Morgan fingerprint density at radius 1 is 1.04 bits per heavy atom. The third kappa shape index (κ3) is 5.59. The van der Waals surface area contributed by atoms with Gasteiger partial charge in [-0.1, -0.05) is 18.2 Å². The molecule has 0 radical (unpaired) electrons. The van der Waals surface area contributed by atoms with Crippen LogP contribution in [0.25, 0.3) is 0 Å². The van der Waals surface area contributed by atoms with Gasteiger partial charge in [0.25, 0.3) is 0 Å². The predicted octanol–water partition coefficient (Wildman–Crippen LogP) is 3.80. The highest BCUT2D eigenvalue weighted by Gasteiger charge is 2.17. The van der Waals surface area contributed by atoms with E-state index in [1.165, 1.54) is 16.1 Å². The maximum atomic E-state index is 12.2. The van der Waals surface area contributed by atoms with Crippen LogP contribution in [0.1, 0.15) is 29.5 Å². The van der Waals surface area contributed by atoms with Crippen molar-refractivity contribution in [1.82, 2.24) is 0 Å². The van der Waals surface area contributed by atoms with Crippen molar-refractivity contribution in [2.24, 2.45) is 0 Å². The van der Waals surface area contributed by atoms with Crippen LogP contribution >= 0.6 is 0 Å². The Morgan fingerprint density at radius 2 is 1.77 bits per heavy atom. The molecule has 0 aromatic heterocycles. The Bertz CT molecular complexity index is 892. The number of nitrogens with zero attached hydrogens (tertiary/aromatic N) is 1. The molecule has 0 unspecified atom stereocenters. The van der Waals surface area contributed by atoms with E-state index in [-0.39, 0.29) is 18.9 Å². The highest BCUT2D eigenvalue weighted by molar-refractivity contribution is 7.92. The molecule has 0 saturated carbocycles. The van der Waals surface area contributed by atoms with Crippen LogP contribution in [-0.4, -0.2) is 27.1 Å². The summed E-state index contributed by atoms with van der Waals surface area (Å²) in [5, 5.41) is 2.86. The van der Waals surface area contributed by atoms with Gasteiger partial charge in [-0.25, -0.2) is 8.42 Å². The first kappa shape index (κ1) is 20.0. The summed E-state index contributed by atoms with van der Waals surface area (Å²) in [6, 6.07) is 13.1. The second-order valence-corrected chi connectivity index (χ2v) is 8.53. The van der Waals surface area contributed by atoms with Crippen molar-refractivity contribution >= 4 is 27.3 Å². The summed E-state index contributed by atoms with van der Waals surface area (Å²) in [5.41, 5.74) is 4.66. The maximum absolute atomic E-state index is 12.2. The monoisotopic (exact) mass is 374 g/mol. The molecule has 0 atom stereocenters. The summed E-state index contributed by atoms with van der Waals surface area (Å²) in [6.45, 7) is 6.20. The number of hydrogen-bond donors (Lipinski definition) is 1. The zero-order chi connectivity index (χ0) is 19.3. The molecule has 6 heteroatoms. The largest absolute Gasteiger partial charge is 0.326 e. The number of anilines is 2. The first-order valence-electron chi connectivity index (χ1n) is 8.58. The first-order valence-corrected chi connectivity index (χ1v) is 10.4. The molecule has 5 nitrogen and oxygen atoms in total. The maximum Gasteiger partial charge on any atom is 0.232 e. The lowest BCUT2D eigenvalue weighted by molar-refractivity contribution is -0.116. The van der Waals surface area contributed by atoms with Crippen LogP contribution in [0.4, 0.5) is 11.4 Å². The van der Waals surface area contributed by atoms with Crippen molar-refractivity contribution in [2.45, 2.75) is 33.6 Å². The van der Waals surface area contributed by atoms with E-state index in [1.807, 2.05) is 57.2 Å². The quantitative estimate of drug-likeness (QED) is 0.802. The molecule has 140 valence electrons. The second kappa shape index (κ2) is 8.36. The molecule has 1 N–H and O–H groups in total. The minimum Gasteiger partial charge on any atom is -0.326 e.